The van der Waals surface area contributed by atoms with Crippen LogP contribution in [0.15, 0.2) is 17.1 Å². The van der Waals surface area contributed by atoms with E-state index in [1.165, 1.54) is 16.8 Å². The Morgan fingerprint density at radius 3 is 2.78 bits per heavy atom. The highest BCUT2D eigenvalue weighted by Gasteiger charge is 2.50. The van der Waals surface area contributed by atoms with E-state index in [0.29, 0.717) is 0 Å². The molecular formula is C11H17N3O4. The third-order valence-corrected chi connectivity index (χ3v) is 3.34. The molecule has 0 amide bonds. The van der Waals surface area contributed by atoms with Crippen molar-refractivity contribution in [3.8, 4) is 0 Å². The molecule has 0 radical (unpaired) electrons. The van der Waals surface area contributed by atoms with Crippen molar-refractivity contribution in [2.24, 2.45) is 5.41 Å². The predicted molar refractivity (Wildman–Crippen MR) is 63.7 cm³/mol. The topological polar surface area (TPSA) is 111 Å². The molecule has 1 aromatic heterocycles. The van der Waals surface area contributed by atoms with Crippen LogP contribution in [0.3, 0.4) is 0 Å². The molecule has 1 aliphatic heterocycles. The lowest BCUT2D eigenvalue weighted by Crippen LogP contribution is -2.38. The summed E-state index contributed by atoms with van der Waals surface area (Å²) in [5.74, 6) is 0.131. The van der Waals surface area contributed by atoms with Gasteiger partial charge in [-0.2, -0.15) is 4.98 Å². The average Bonchev–Trinajstić information content (AvgIpc) is 2.52. The number of aromatic nitrogens is 2. The number of anilines is 1. The number of aliphatic hydroxyl groups excluding tert-OH is 2. The molecule has 1 aliphatic rings. The Balaban J connectivity index is 2.42. The van der Waals surface area contributed by atoms with Gasteiger partial charge in [-0.05, 0) is 6.07 Å². The molecule has 2 heterocycles. The fourth-order valence-electron chi connectivity index (χ4n) is 2.21. The lowest BCUT2D eigenvalue weighted by atomic mass is 9.84. The first-order chi connectivity index (χ1) is 8.37. The van der Waals surface area contributed by atoms with Crippen molar-refractivity contribution >= 4 is 5.82 Å². The molecule has 4 N–H and O–H groups in total. The number of hydrogen-bond acceptors (Lipinski definition) is 6. The van der Waals surface area contributed by atoms with Gasteiger partial charge in [0.05, 0.1) is 12.7 Å². The number of nitrogens with zero attached hydrogens (tertiary/aromatic N) is 2. The highest BCUT2D eigenvalue weighted by molar-refractivity contribution is 5.23. The van der Waals surface area contributed by atoms with Crippen LogP contribution >= 0.6 is 0 Å². The van der Waals surface area contributed by atoms with Crippen molar-refractivity contribution in [3.05, 3.63) is 22.7 Å². The van der Waals surface area contributed by atoms with Crippen molar-refractivity contribution in [1.29, 1.82) is 0 Å². The van der Waals surface area contributed by atoms with Crippen LogP contribution in [0.4, 0.5) is 5.82 Å². The normalized spacial score (nSPS) is 30.6. The summed E-state index contributed by atoms with van der Waals surface area (Å²) in [7, 11) is 0. The Morgan fingerprint density at radius 1 is 1.61 bits per heavy atom. The molecule has 1 saturated heterocycles. The van der Waals surface area contributed by atoms with Crippen LogP contribution < -0.4 is 11.4 Å². The molecule has 7 heteroatoms. The molecule has 0 saturated carbocycles. The molecule has 0 spiro atoms. The molecule has 3 atom stereocenters. The molecule has 0 aliphatic carbocycles. The Labute approximate surface area is 104 Å². The summed E-state index contributed by atoms with van der Waals surface area (Å²) in [6.45, 7) is 3.22. The summed E-state index contributed by atoms with van der Waals surface area (Å²) in [6.07, 6.45) is -0.791. The first-order valence-corrected chi connectivity index (χ1v) is 5.67. The first-order valence-electron chi connectivity index (χ1n) is 5.67. The Bertz CT molecular complexity index is 499. The molecule has 0 aromatic carbocycles. The quantitative estimate of drug-likeness (QED) is 0.631. The van der Waals surface area contributed by atoms with Crippen LogP contribution in [0.25, 0.3) is 0 Å². The predicted octanol–water partition coefficient (Wildman–Crippen LogP) is -0.898. The number of nitrogen functional groups attached to an aromatic ring is 1. The molecule has 1 unspecified atom stereocenters. The van der Waals surface area contributed by atoms with E-state index in [1.807, 2.05) is 0 Å². The van der Waals surface area contributed by atoms with Gasteiger partial charge < -0.3 is 20.7 Å². The summed E-state index contributed by atoms with van der Waals surface area (Å²) >= 11 is 0. The van der Waals surface area contributed by atoms with E-state index in [1.54, 1.807) is 13.8 Å². The maximum atomic E-state index is 11.8. The maximum absolute atomic E-state index is 11.8. The average molecular weight is 255 g/mol. The zero-order valence-electron chi connectivity index (χ0n) is 10.3. The summed E-state index contributed by atoms with van der Waals surface area (Å²) < 4.78 is 6.80. The molecule has 7 nitrogen and oxygen atoms in total. The standard InChI is InChI=1S/C11H17N3O4/c1-11(2)8(16)6(5-15)18-9(11)14-4-3-7(12)13-10(14)17/h3-4,6,8-9,15-16H,5H2,1-2H3,(H2,12,13,17)/t6-,8?,9-/m1/s1. The van der Waals surface area contributed by atoms with Gasteiger partial charge in [-0.25, -0.2) is 4.79 Å². The van der Waals surface area contributed by atoms with Gasteiger partial charge in [0.2, 0.25) is 0 Å². The van der Waals surface area contributed by atoms with Gasteiger partial charge >= 0.3 is 5.69 Å². The van der Waals surface area contributed by atoms with Gasteiger partial charge in [0.15, 0.2) is 0 Å². The Morgan fingerprint density at radius 2 is 2.28 bits per heavy atom. The van der Waals surface area contributed by atoms with E-state index in [4.69, 9.17) is 15.6 Å². The number of ether oxygens (including phenoxy) is 1. The van der Waals surface area contributed by atoms with Gasteiger partial charge in [0.25, 0.3) is 0 Å². The number of rotatable bonds is 2. The summed E-state index contributed by atoms with van der Waals surface area (Å²) in [6, 6.07) is 1.49. The minimum absolute atomic E-state index is 0.131. The molecule has 0 bridgehead atoms. The van der Waals surface area contributed by atoms with Crippen LogP contribution in [0, 0.1) is 5.41 Å². The van der Waals surface area contributed by atoms with Crippen LogP contribution in [0.1, 0.15) is 20.1 Å². The Kier molecular flexibility index (Phi) is 3.14. The molecule has 100 valence electrons. The van der Waals surface area contributed by atoms with Crippen molar-refractivity contribution in [2.75, 3.05) is 12.3 Å². The van der Waals surface area contributed by atoms with E-state index in [0.717, 1.165) is 0 Å². The van der Waals surface area contributed by atoms with E-state index in [2.05, 4.69) is 4.98 Å². The maximum Gasteiger partial charge on any atom is 0.351 e. The van der Waals surface area contributed by atoms with Gasteiger partial charge in [-0.15, -0.1) is 0 Å². The fourth-order valence-corrected chi connectivity index (χ4v) is 2.21. The molecule has 1 fully saturated rings. The Hall–Kier alpha value is -1.44. The lowest BCUT2D eigenvalue weighted by molar-refractivity contribution is -0.0529. The zero-order valence-corrected chi connectivity index (χ0v) is 10.3. The third kappa shape index (κ3) is 1.90. The largest absolute Gasteiger partial charge is 0.394 e. The van der Waals surface area contributed by atoms with E-state index in [9.17, 15) is 9.90 Å². The van der Waals surface area contributed by atoms with Crippen LogP contribution in [-0.2, 0) is 4.74 Å². The van der Waals surface area contributed by atoms with Crippen molar-refractivity contribution in [1.82, 2.24) is 9.55 Å². The van der Waals surface area contributed by atoms with Crippen LogP contribution in [-0.4, -0.2) is 38.6 Å². The van der Waals surface area contributed by atoms with Crippen molar-refractivity contribution in [3.63, 3.8) is 0 Å². The lowest BCUT2D eigenvalue weighted by Gasteiger charge is -2.28. The molecule has 18 heavy (non-hydrogen) atoms. The SMILES string of the molecule is CC1(C)C(O)[C@@H](CO)O[C@H]1n1ccc(N)nc1=O. The highest BCUT2D eigenvalue weighted by Crippen LogP contribution is 2.44. The number of nitrogens with two attached hydrogens (primary N) is 1. The fraction of sp³-hybridized carbons (Fsp3) is 0.636. The summed E-state index contributed by atoms with van der Waals surface area (Å²) in [5, 5.41) is 19.2. The monoisotopic (exact) mass is 255 g/mol. The molecular weight excluding hydrogens is 238 g/mol. The number of hydrogen-bond donors (Lipinski definition) is 3. The van der Waals surface area contributed by atoms with E-state index >= 15 is 0 Å². The molecule has 2 rings (SSSR count). The van der Waals surface area contributed by atoms with Crippen LogP contribution in [0.2, 0.25) is 0 Å². The second kappa shape index (κ2) is 4.34. The van der Waals surface area contributed by atoms with Crippen molar-refractivity contribution in [2.45, 2.75) is 32.3 Å². The van der Waals surface area contributed by atoms with Gasteiger partial charge in [0, 0.05) is 11.6 Å². The van der Waals surface area contributed by atoms with Gasteiger partial charge in [-0.1, -0.05) is 13.8 Å². The van der Waals surface area contributed by atoms with Gasteiger partial charge in [-0.3, -0.25) is 4.57 Å². The number of aliphatic hydroxyl groups is 2. The molecule has 1 aromatic rings. The van der Waals surface area contributed by atoms with Gasteiger partial charge in [0.1, 0.15) is 18.1 Å². The van der Waals surface area contributed by atoms with Crippen LogP contribution in [0.5, 0.6) is 0 Å². The smallest absolute Gasteiger partial charge is 0.351 e. The second-order valence-electron chi connectivity index (χ2n) is 5.02. The highest BCUT2D eigenvalue weighted by atomic mass is 16.5. The zero-order chi connectivity index (χ0) is 13.5. The third-order valence-electron chi connectivity index (χ3n) is 3.34. The summed E-state index contributed by atoms with van der Waals surface area (Å²) in [4.78, 5) is 15.4. The minimum atomic E-state index is -0.864. The van der Waals surface area contributed by atoms with Crippen molar-refractivity contribution < 1.29 is 14.9 Å². The summed E-state index contributed by atoms with van der Waals surface area (Å²) in [5.41, 5.74) is 4.16. The minimum Gasteiger partial charge on any atom is -0.394 e. The van der Waals surface area contributed by atoms with E-state index < -0.39 is 29.5 Å². The second-order valence-corrected chi connectivity index (χ2v) is 5.02. The first kappa shape index (κ1) is 13.0. The van der Waals surface area contributed by atoms with E-state index in [-0.39, 0.29) is 12.4 Å².